The van der Waals surface area contributed by atoms with E-state index in [1.165, 1.54) is 4.90 Å². The molecule has 2 aliphatic heterocycles. The molecule has 0 aliphatic carbocycles. The van der Waals surface area contributed by atoms with Gasteiger partial charge in [-0.1, -0.05) is 133 Å². The summed E-state index contributed by atoms with van der Waals surface area (Å²) >= 11 is 0. The summed E-state index contributed by atoms with van der Waals surface area (Å²) in [6, 6.07) is 48.4. The maximum Gasteiger partial charge on any atom is 0.252 e. The molecular weight excluding hydrogens is 715 g/mol. The monoisotopic (exact) mass is 759 g/mol. The fourth-order valence-electron chi connectivity index (χ4n) is 9.87. The van der Waals surface area contributed by atoms with E-state index in [1.807, 2.05) is 103 Å². The van der Waals surface area contributed by atoms with Gasteiger partial charge < -0.3 is 18.9 Å². The minimum atomic E-state index is -0.799. The van der Waals surface area contributed by atoms with Crippen LogP contribution in [0, 0.1) is 0 Å². The van der Waals surface area contributed by atoms with Gasteiger partial charge in [0, 0.05) is 61.2 Å². The number of para-hydroxylation sites is 7. The van der Waals surface area contributed by atoms with Gasteiger partial charge in [0.15, 0.2) is 0 Å². The van der Waals surface area contributed by atoms with E-state index in [0.29, 0.717) is 16.8 Å². The van der Waals surface area contributed by atoms with Crippen LogP contribution in [0.25, 0.3) is 55.0 Å². The lowest BCUT2D eigenvalue weighted by Crippen LogP contribution is -2.60. The second-order valence-electron chi connectivity index (χ2n) is 15.0. The van der Waals surface area contributed by atoms with Gasteiger partial charge in [-0.3, -0.25) is 0 Å². The Kier molecular flexibility index (Phi) is 5.20. The number of hydrogen-bond donors (Lipinski definition) is 0. The molecule has 0 saturated heterocycles. The summed E-state index contributed by atoms with van der Waals surface area (Å²) < 4.78 is 88.2. The van der Waals surface area contributed by atoms with Crippen LogP contribution in [0.1, 0.15) is 12.3 Å². The summed E-state index contributed by atoms with van der Waals surface area (Å²) in [7, 11) is 0. The molecule has 9 aromatic carbocycles. The molecule has 4 heterocycles. The van der Waals surface area contributed by atoms with Crippen molar-refractivity contribution in [2.75, 3.05) is 9.80 Å². The van der Waals surface area contributed by atoms with E-state index in [1.54, 1.807) is 0 Å². The predicted octanol–water partition coefficient (Wildman–Crippen LogP) is 12.0. The zero-order valence-corrected chi connectivity index (χ0v) is 31.4. The Hall–Kier alpha value is -7.76. The molecule has 2 aliphatic rings. The van der Waals surface area contributed by atoms with Gasteiger partial charge >= 0.3 is 0 Å². The van der Waals surface area contributed by atoms with Gasteiger partial charge in [-0.25, -0.2) is 0 Å². The highest BCUT2D eigenvalue weighted by Gasteiger charge is 2.44. The van der Waals surface area contributed by atoms with Gasteiger partial charge in [0.25, 0.3) is 6.71 Å². The molecule has 11 aromatic rings. The van der Waals surface area contributed by atoms with Gasteiger partial charge in [-0.05, 0) is 95.2 Å². The van der Waals surface area contributed by atoms with E-state index in [4.69, 9.17) is 6.85 Å². The zero-order valence-electron chi connectivity index (χ0n) is 40.4. The van der Waals surface area contributed by atoms with Crippen LogP contribution >= 0.6 is 0 Å². The lowest BCUT2D eigenvalue weighted by Gasteiger charge is -2.43. The first-order chi connectivity index (χ1) is 33.1. The largest absolute Gasteiger partial charge is 0.309 e. The normalized spacial score (nSPS) is 14.8. The molecule has 0 bridgehead atoms. The van der Waals surface area contributed by atoms with Crippen LogP contribution in [-0.4, -0.2) is 15.8 Å². The standard InChI is InChI=1S/C54H35BN4/c1-5-18-36(19-6-1)56(37-20-7-2-8-21-37)49-35-34-48-51-54(49)58(39-24-11-4-12-25-39)46-31-16-14-28-43(46)55(51)44-29-17-27-40-41-32-33-47-50(53(41)59(48)52(40)44)42-26-13-15-30-45(42)57(47)38-22-9-3-10-23-38/h1-35H/i4D,11D,12D,14D,16D,24D,25D,28D,31D. The number of nitrogens with zero attached hydrogens (tertiary/aromatic N) is 4. The highest BCUT2D eigenvalue weighted by Crippen LogP contribution is 2.50. The minimum Gasteiger partial charge on any atom is -0.309 e. The SMILES string of the molecule is [2H]c1c([2H])c([2H])c(N2c3c(N(c4ccccc4)c4ccccc4)ccc4c3B(c3c([2H])c([2H])c([2H])c([2H])c32)c2cccc3c5ccc6c(c7ccccc7n6-c6ccccc6)c5n-4c23)c([2H])c1[2H]. The average Bonchev–Trinajstić information content (AvgIpc) is 3.90. The third-order valence-electron chi connectivity index (χ3n) is 12.1. The Morgan fingerprint density at radius 2 is 1.10 bits per heavy atom. The van der Waals surface area contributed by atoms with Gasteiger partial charge in [0.05, 0.1) is 40.3 Å². The molecule has 0 spiro atoms. The van der Waals surface area contributed by atoms with Crippen molar-refractivity contribution in [2.24, 2.45) is 0 Å². The van der Waals surface area contributed by atoms with Crippen molar-refractivity contribution >= 4 is 101 Å². The summed E-state index contributed by atoms with van der Waals surface area (Å²) in [5.41, 5.74) is 9.63. The molecule has 0 amide bonds. The molecule has 274 valence electrons. The van der Waals surface area contributed by atoms with Crippen molar-refractivity contribution in [3.05, 3.63) is 212 Å². The fraction of sp³-hybridized carbons (Fsp3) is 0. The molecule has 0 radical (unpaired) electrons. The highest BCUT2D eigenvalue weighted by atomic mass is 15.2. The Bertz CT molecular complexity index is 3920. The molecule has 2 aromatic heterocycles. The quantitative estimate of drug-likeness (QED) is 0.163. The van der Waals surface area contributed by atoms with Gasteiger partial charge in [0.1, 0.15) is 0 Å². The Labute approximate surface area is 354 Å². The van der Waals surface area contributed by atoms with Crippen molar-refractivity contribution in [3.63, 3.8) is 0 Å². The summed E-state index contributed by atoms with van der Waals surface area (Å²) in [6.45, 7) is -0.799. The summed E-state index contributed by atoms with van der Waals surface area (Å²) in [5, 5.41) is 4.04. The lowest BCUT2D eigenvalue weighted by molar-refractivity contribution is 1.16. The number of rotatable bonds is 5. The average molecular weight is 760 g/mol. The van der Waals surface area contributed by atoms with Crippen LogP contribution in [0.4, 0.5) is 34.1 Å². The number of benzene rings is 9. The molecule has 0 fully saturated rings. The molecule has 0 saturated carbocycles. The smallest absolute Gasteiger partial charge is 0.252 e. The summed E-state index contributed by atoms with van der Waals surface area (Å²) in [6.07, 6.45) is 0. The first-order valence-electron chi connectivity index (χ1n) is 24.2. The van der Waals surface area contributed by atoms with Crippen molar-refractivity contribution < 1.29 is 12.3 Å². The molecule has 4 nitrogen and oxygen atoms in total. The fourth-order valence-corrected chi connectivity index (χ4v) is 9.87. The number of aromatic nitrogens is 2. The zero-order chi connectivity index (χ0) is 46.4. The highest BCUT2D eigenvalue weighted by molar-refractivity contribution is 7.00. The molecule has 0 atom stereocenters. The van der Waals surface area contributed by atoms with Crippen LogP contribution in [0.2, 0.25) is 0 Å². The van der Waals surface area contributed by atoms with E-state index in [9.17, 15) is 5.48 Å². The van der Waals surface area contributed by atoms with Crippen molar-refractivity contribution in [2.45, 2.75) is 0 Å². The van der Waals surface area contributed by atoms with E-state index in [2.05, 4.69) is 68.6 Å². The third kappa shape index (κ3) is 4.44. The first-order valence-corrected chi connectivity index (χ1v) is 19.7. The van der Waals surface area contributed by atoms with Gasteiger partial charge in [-0.2, -0.15) is 0 Å². The summed E-state index contributed by atoms with van der Waals surface area (Å²) in [5.74, 6) is 0. The van der Waals surface area contributed by atoms with Gasteiger partial charge in [0.2, 0.25) is 0 Å². The Morgan fingerprint density at radius 3 is 1.88 bits per heavy atom. The topological polar surface area (TPSA) is 16.3 Å². The van der Waals surface area contributed by atoms with Crippen molar-refractivity contribution in [3.8, 4) is 11.4 Å². The predicted molar refractivity (Wildman–Crippen MR) is 249 cm³/mol. The van der Waals surface area contributed by atoms with Crippen LogP contribution in [-0.2, 0) is 0 Å². The van der Waals surface area contributed by atoms with E-state index >= 15 is 0 Å². The minimum absolute atomic E-state index is 0.0152. The van der Waals surface area contributed by atoms with E-state index in [0.717, 1.165) is 71.8 Å². The molecule has 5 heteroatoms. The van der Waals surface area contributed by atoms with Crippen LogP contribution in [0.3, 0.4) is 0 Å². The first kappa shape index (κ1) is 24.8. The second kappa shape index (κ2) is 12.4. The van der Waals surface area contributed by atoms with Crippen LogP contribution < -0.4 is 26.2 Å². The Morgan fingerprint density at radius 1 is 0.441 bits per heavy atom. The molecule has 0 N–H and O–H groups in total. The third-order valence-corrected chi connectivity index (χ3v) is 12.1. The van der Waals surface area contributed by atoms with Gasteiger partial charge in [-0.15, -0.1) is 0 Å². The lowest BCUT2D eigenvalue weighted by atomic mass is 9.33. The maximum absolute atomic E-state index is 9.80. The van der Waals surface area contributed by atoms with Crippen molar-refractivity contribution in [1.82, 2.24) is 9.13 Å². The van der Waals surface area contributed by atoms with Crippen LogP contribution in [0.5, 0.6) is 0 Å². The van der Waals surface area contributed by atoms with Crippen molar-refractivity contribution in [1.29, 1.82) is 0 Å². The number of fused-ring (bicyclic) bond motifs is 11. The summed E-state index contributed by atoms with van der Waals surface area (Å²) in [4.78, 5) is 3.59. The van der Waals surface area contributed by atoms with Crippen LogP contribution in [0.15, 0.2) is 212 Å². The molecule has 0 unspecified atom stereocenters. The second-order valence-corrected chi connectivity index (χ2v) is 15.0. The number of hydrogen-bond acceptors (Lipinski definition) is 2. The maximum atomic E-state index is 9.80. The molecule has 59 heavy (non-hydrogen) atoms. The van der Waals surface area contributed by atoms with E-state index < -0.39 is 55.1 Å². The Balaban J connectivity index is 1.28. The molecular formula is C54H35BN4. The van der Waals surface area contributed by atoms with E-state index in [-0.39, 0.29) is 22.9 Å². The number of anilines is 6. The molecule has 13 rings (SSSR count).